The predicted octanol–water partition coefficient (Wildman–Crippen LogP) is 3.53. The molecule has 1 aromatic carbocycles. The average molecular weight is 222 g/mol. The number of hydrogen-bond donors (Lipinski definition) is 1. The van der Waals surface area contributed by atoms with Crippen LogP contribution in [0, 0.1) is 18.7 Å². The molecule has 1 aliphatic carbocycles. The topological polar surface area (TPSA) is 20.2 Å². The van der Waals surface area contributed by atoms with Crippen molar-refractivity contribution in [3.63, 3.8) is 0 Å². The molecule has 0 bridgehead atoms. The Balaban J connectivity index is 2.42. The summed E-state index contributed by atoms with van der Waals surface area (Å²) in [6.45, 7) is 3.99. The third-order valence-corrected chi connectivity index (χ3v) is 3.93. The van der Waals surface area contributed by atoms with E-state index < -0.39 is 5.60 Å². The maximum Gasteiger partial charge on any atom is 0.123 e. The number of aryl methyl sites for hydroxylation is 1. The first-order chi connectivity index (χ1) is 7.58. The molecular formula is C14H19FO. The van der Waals surface area contributed by atoms with Crippen molar-refractivity contribution >= 4 is 0 Å². The summed E-state index contributed by atoms with van der Waals surface area (Å²) < 4.78 is 13.1. The van der Waals surface area contributed by atoms with Crippen molar-refractivity contribution in [3.05, 3.63) is 35.1 Å². The Labute approximate surface area is 96.3 Å². The average Bonchev–Trinajstić information content (AvgIpc) is 2.60. The monoisotopic (exact) mass is 222 g/mol. The van der Waals surface area contributed by atoms with Crippen LogP contribution in [-0.4, -0.2) is 5.11 Å². The highest BCUT2D eigenvalue weighted by Crippen LogP contribution is 2.46. The SMILES string of the molecule is CCC1CCCC1(O)c1ccc(F)cc1C. The Morgan fingerprint density at radius 3 is 2.88 bits per heavy atom. The molecule has 0 aromatic heterocycles. The van der Waals surface area contributed by atoms with E-state index in [2.05, 4.69) is 6.92 Å². The van der Waals surface area contributed by atoms with E-state index in [4.69, 9.17) is 0 Å². The van der Waals surface area contributed by atoms with E-state index in [0.29, 0.717) is 5.92 Å². The van der Waals surface area contributed by atoms with Crippen molar-refractivity contribution < 1.29 is 9.50 Å². The summed E-state index contributed by atoms with van der Waals surface area (Å²) in [6.07, 6.45) is 3.92. The lowest BCUT2D eigenvalue weighted by molar-refractivity contribution is -0.00448. The normalized spacial score (nSPS) is 29.6. The summed E-state index contributed by atoms with van der Waals surface area (Å²) in [5, 5.41) is 10.8. The third kappa shape index (κ3) is 1.75. The zero-order valence-corrected chi connectivity index (χ0v) is 9.96. The summed E-state index contributed by atoms with van der Waals surface area (Å²) in [5.41, 5.74) is 1.05. The quantitative estimate of drug-likeness (QED) is 0.811. The molecule has 2 unspecified atom stereocenters. The maximum atomic E-state index is 13.1. The summed E-state index contributed by atoms with van der Waals surface area (Å²) >= 11 is 0. The van der Waals surface area contributed by atoms with Gasteiger partial charge in [0.2, 0.25) is 0 Å². The fraction of sp³-hybridized carbons (Fsp3) is 0.571. The van der Waals surface area contributed by atoms with Crippen LogP contribution >= 0.6 is 0 Å². The van der Waals surface area contributed by atoms with E-state index in [1.54, 1.807) is 6.07 Å². The first-order valence-electron chi connectivity index (χ1n) is 6.07. The fourth-order valence-corrected chi connectivity index (χ4v) is 3.07. The molecule has 1 aliphatic rings. The van der Waals surface area contributed by atoms with Gasteiger partial charge in [-0.15, -0.1) is 0 Å². The van der Waals surface area contributed by atoms with Gasteiger partial charge < -0.3 is 5.11 Å². The first-order valence-corrected chi connectivity index (χ1v) is 6.07. The van der Waals surface area contributed by atoms with Crippen LogP contribution in [-0.2, 0) is 5.60 Å². The lowest BCUT2D eigenvalue weighted by Crippen LogP contribution is -2.30. The third-order valence-electron chi connectivity index (χ3n) is 3.93. The highest BCUT2D eigenvalue weighted by molar-refractivity contribution is 5.33. The summed E-state index contributed by atoms with van der Waals surface area (Å²) in [4.78, 5) is 0. The van der Waals surface area contributed by atoms with E-state index in [-0.39, 0.29) is 5.82 Å². The lowest BCUT2D eigenvalue weighted by atomic mass is 9.80. The summed E-state index contributed by atoms with van der Waals surface area (Å²) in [6, 6.07) is 4.71. The molecule has 0 spiro atoms. The van der Waals surface area contributed by atoms with Gasteiger partial charge in [0, 0.05) is 0 Å². The van der Waals surface area contributed by atoms with E-state index in [9.17, 15) is 9.50 Å². The van der Waals surface area contributed by atoms with Crippen molar-refractivity contribution in [2.45, 2.75) is 45.1 Å². The Hall–Kier alpha value is -0.890. The van der Waals surface area contributed by atoms with E-state index >= 15 is 0 Å². The van der Waals surface area contributed by atoms with E-state index in [0.717, 1.165) is 36.8 Å². The van der Waals surface area contributed by atoms with Crippen LogP contribution in [0.15, 0.2) is 18.2 Å². The number of rotatable bonds is 2. The van der Waals surface area contributed by atoms with Gasteiger partial charge in [-0.2, -0.15) is 0 Å². The molecule has 2 heteroatoms. The molecule has 1 nitrogen and oxygen atoms in total. The molecule has 0 saturated heterocycles. The van der Waals surface area contributed by atoms with Crippen LogP contribution in [0.1, 0.15) is 43.7 Å². The number of benzene rings is 1. The zero-order valence-electron chi connectivity index (χ0n) is 9.96. The van der Waals surface area contributed by atoms with Gasteiger partial charge in [-0.05, 0) is 55.4 Å². The number of aliphatic hydroxyl groups is 1. The molecular weight excluding hydrogens is 203 g/mol. The van der Waals surface area contributed by atoms with Crippen LogP contribution < -0.4 is 0 Å². The molecule has 1 aromatic rings. The van der Waals surface area contributed by atoms with Crippen LogP contribution in [0.2, 0.25) is 0 Å². The molecule has 0 radical (unpaired) electrons. The molecule has 1 N–H and O–H groups in total. The second-order valence-electron chi connectivity index (χ2n) is 4.88. The molecule has 1 fully saturated rings. The molecule has 16 heavy (non-hydrogen) atoms. The maximum absolute atomic E-state index is 13.1. The minimum atomic E-state index is -0.730. The van der Waals surface area contributed by atoms with Crippen molar-refractivity contribution in [2.75, 3.05) is 0 Å². The van der Waals surface area contributed by atoms with Gasteiger partial charge in [-0.25, -0.2) is 4.39 Å². The summed E-state index contributed by atoms with van der Waals surface area (Å²) in [7, 11) is 0. The van der Waals surface area contributed by atoms with Crippen molar-refractivity contribution in [1.82, 2.24) is 0 Å². The van der Waals surface area contributed by atoms with Crippen LogP contribution in [0.3, 0.4) is 0 Å². The van der Waals surface area contributed by atoms with Gasteiger partial charge >= 0.3 is 0 Å². The first kappa shape index (κ1) is 11.6. The minimum Gasteiger partial charge on any atom is -0.385 e. The molecule has 0 amide bonds. The van der Waals surface area contributed by atoms with Gasteiger partial charge in [0.05, 0.1) is 5.60 Å². The Morgan fingerprint density at radius 2 is 2.25 bits per heavy atom. The zero-order chi connectivity index (χ0) is 11.8. The lowest BCUT2D eigenvalue weighted by Gasteiger charge is -2.31. The fourth-order valence-electron chi connectivity index (χ4n) is 3.07. The summed E-state index contributed by atoms with van der Waals surface area (Å²) in [5.74, 6) is 0.0903. The predicted molar refractivity (Wildman–Crippen MR) is 62.7 cm³/mol. The van der Waals surface area contributed by atoms with E-state index in [1.807, 2.05) is 6.92 Å². The van der Waals surface area contributed by atoms with Crippen LogP contribution in [0.25, 0.3) is 0 Å². The Kier molecular flexibility index (Phi) is 3.02. The number of halogens is 1. The molecule has 2 atom stereocenters. The van der Waals surface area contributed by atoms with Gasteiger partial charge in [0.1, 0.15) is 5.82 Å². The highest BCUT2D eigenvalue weighted by Gasteiger charge is 2.42. The Bertz CT molecular complexity index is 388. The number of hydrogen-bond acceptors (Lipinski definition) is 1. The standard InChI is InChI=1S/C14H19FO/c1-3-11-5-4-8-14(11,16)13-7-6-12(15)9-10(13)2/h6-7,9,11,16H,3-5,8H2,1-2H3. The molecule has 0 aliphatic heterocycles. The van der Waals surface area contributed by atoms with Crippen molar-refractivity contribution in [1.29, 1.82) is 0 Å². The smallest absolute Gasteiger partial charge is 0.123 e. The molecule has 0 heterocycles. The van der Waals surface area contributed by atoms with Gasteiger partial charge in [-0.1, -0.05) is 19.4 Å². The van der Waals surface area contributed by atoms with Crippen LogP contribution in [0.5, 0.6) is 0 Å². The Morgan fingerprint density at radius 1 is 1.50 bits per heavy atom. The largest absolute Gasteiger partial charge is 0.385 e. The minimum absolute atomic E-state index is 0.226. The molecule has 88 valence electrons. The highest BCUT2D eigenvalue weighted by atomic mass is 19.1. The van der Waals surface area contributed by atoms with Crippen LogP contribution in [0.4, 0.5) is 4.39 Å². The molecule has 1 saturated carbocycles. The van der Waals surface area contributed by atoms with E-state index in [1.165, 1.54) is 12.1 Å². The van der Waals surface area contributed by atoms with Crippen molar-refractivity contribution in [2.24, 2.45) is 5.92 Å². The van der Waals surface area contributed by atoms with Gasteiger partial charge in [0.15, 0.2) is 0 Å². The van der Waals surface area contributed by atoms with Gasteiger partial charge in [-0.3, -0.25) is 0 Å². The second kappa shape index (κ2) is 4.17. The van der Waals surface area contributed by atoms with Crippen molar-refractivity contribution in [3.8, 4) is 0 Å². The second-order valence-corrected chi connectivity index (χ2v) is 4.88. The molecule has 2 rings (SSSR count). The van der Waals surface area contributed by atoms with Gasteiger partial charge in [0.25, 0.3) is 0 Å².